The second-order valence-corrected chi connectivity index (χ2v) is 9.95. The number of hydrogen-bond acceptors (Lipinski definition) is 8. The van der Waals surface area contributed by atoms with Crippen LogP contribution in [0, 0.1) is 0 Å². The first-order valence-electron chi connectivity index (χ1n) is 10.4. The fraction of sp³-hybridized carbons (Fsp3) is 0.364. The Labute approximate surface area is 197 Å². The van der Waals surface area contributed by atoms with Crippen molar-refractivity contribution in [2.24, 2.45) is 0 Å². The van der Waals surface area contributed by atoms with Crippen LogP contribution in [0.4, 0.5) is 0 Å². The molecule has 1 aliphatic carbocycles. The minimum atomic E-state index is 0.0104. The van der Waals surface area contributed by atoms with Crippen LogP contribution in [0.25, 0.3) is 21.6 Å². The fourth-order valence-corrected chi connectivity index (χ4v) is 6.29. The third kappa shape index (κ3) is 4.10. The largest absolute Gasteiger partial charge is 0.383 e. The first kappa shape index (κ1) is 21.6. The number of thioether (sulfide) groups is 1. The Bertz CT molecular complexity index is 1330. The van der Waals surface area contributed by atoms with Crippen LogP contribution >= 0.6 is 34.7 Å². The van der Waals surface area contributed by atoms with Crippen LogP contribution in [-0.4, -0.2) is 33.4 Å². The SMILES string of the molecule is COCCn1c(SCc2nc(-c3ccccc3Cl)no2)nc2sc3c(c2c1=O)CCCC3. The van der Waals surface area contributed by atoms with E-state index in [4.69, 9.17) is 25.8 Å². The molecule has 1 aromatic carbocycles. The molecule has 166 valence electrons. The number of benzene rings is 1. The highest BCUT2D eigenvalue weighted by atomic mass is 35.5. The molecule has 4 aromatic rings. The zero-order valence-electron chi connectivity index (χ0n) is 17.5. The number of aryl methyl sites for hydroxylation is 2. The molecule has 0 saturated carbocycles. The second kappa shape index (κ2) is 9.35. The van der Waals surface area contributed by atoms with Crippen molar-refractivity contribution in [2.75, 3.05) is 13.7 Å². The van der Waals surface area contributed by atoms with Gasteiger partial charge in [-0.1, -0.05) is 40.7 Å². The summed E-state index contributed by atoms with van der Waals surface area (Å²) >= 11 is 9.30. The number of hydrogen-bond donors (Lipinski definition) is 0. The van der Waals surface area contributed by atoms with E-state index in [2.05, 4.69) is 10.1 Å². The molecule has 7 nitrogen and oxygen atoms in total. The molecule has 0 amide bonds. The number of methoxy groups -OCH3 is 1. The van der Waals surface area contributed by atoms with Gasteiger partial charge in [0.2, 0.25) is 11.7 Å². The average molecular weight is 489 g/mol. The van der Waals surface area contributed by atoms with Crippen LogP contribution < -0.4 is 5.56 Å². The zero-order chi connectivity index (χ0) is 22.1. The van der Waals surface area contributed by atoms with Crippen LogP contribution in [0.3, 0.4) is 0 Å². The van der Waals surface area contributed by atoms with Gasteiger partial charge in [-0.25, -0.2) is 4.98 Å². The molecule has 0 unspecified atom stereocenters. The van der Waals surface area contributed by atoms with E-state index >= 15 is 0 Å². The normalized spacial score (nSPS) is 13.6. The molecule has 0 bridgehead atoms. The lowest BCUT2D eigenvalue weighted by Crippen LogP contribution is -2.25. The van der Waals surface area contributed by atoms with E-state index in [1.54, 1.807) is 29.1 Å². The number of nitrogens with zero attached hydrogens (tertiary/aromatic N) is 4. The Morgan fingerprint density at radius 2 is 2.09 bits per heavy atom. The summed E-state index contributed by atoms with van der Waals surface area (Å²) in [6, 6.07) is 7.36. The Kier molecular flexibility index (Phi) is 6.32. The number of rotatable bonds is 7. The highest BCUT2D eigenvalue weighted by molar-refractivity contribution is 7.98. The standard InChI is InChI=1S/C22H21ClN4O3S2/c1-29-11-10-27-21(28)18-14-7-3-5-9-16(14)32-20(18)25-22(27)31-12-17-24-19(26-30-17)13-6-2-4-8-15(13)23/h2,4,6,8H,3,5,7,9-12H2,1H3. The van der Waals surface area contributed by atoms with Gasteiger partial charge < -0.3 is 9.26 Å². The quantitative estimate of drug-likeness (QED) is 0.268. The summed E-state index contributed by atoms with van der Waals surface area (Å²) in [6.45, 7) is 0.879. The van der Waals surface area contributed by atoms with Crippen molar-refractivity contribution in [2.45, 2.75) is 43.1 Å². The molecule has 0 aliphatic heterocycles. The monoisotopic (exact) mass is 488 g/mol. The second-order valence-electron chi connectivity index (χ2n) is 7.52. The Morgan fingerprint density at radius 1 is 1.25 bits per heavy atom. The highest BCUT2D eigenvalue weighted by Gasteiger charge is 2.22. The van der Waals surface area contributed by atoms with Gasteiger partial charge in [0.15, 0.2) is 5.16 Å². The van der Waals surface area contributed by atoms with Crippen LogP contribution in [0.1, 0.15) is 29.2 Å². The number of ether oxygens (including phenoxy) is 1. The van der Waals surface area contributed by atoms with Gasteiger partial charge in [0, 0.05) is 17.6 Å². The summed E-state index contributed by atoms with van der Waals surface area (Å²) in [5.74, 6) is 1.29. The Balaban J connectivity index is 1.46. The van der Waals surface area contributed by atoms with Gasteiger partial charge in [-0.2, -0.15) is 4.98 Å². The third-order valence-electron chi connectivity index (χ3n) is 5.47. The molecule has 0 radical (unpaired) electrons. The molecule has 5 rings (SSSR count). The van der Waals surface area contributed by atoms with E-state index in [9.17, 15) is 4.79 Å². The van der Waals surface area contributed by atoms with Gasteiger partial charge in [-0.15, -0.1) is 11.3 Å². The maximum absolute atomic E-state index is 13.4. The Morgan fingerprint density at radius 3 is 2.94 bits per heavy atom. The van der Waals surface area contributed by atoms with Gasteiger partial charge in [0.05, 0.1) is 29.3 Å². The predicted octanol–water partition coefficient (Wildman–Crippen LogP) is 4.98. The molecule has 0 atom stereocenters. The van der Waals surface area contributed by atoms with Crippen molar-refractivity contribution in [1.29, 1.82) is 0 Å². The molecule has 0 fully saturated rings. The first-order chi connectivity index (χ1) is 15.7. The maximum atomic E-state index is 13.4. The molecule has 0 saturated heterocycles. The number of thiophene rings is 1. The van der Waals surface area contributed by atoms with Gasteiger partial charge in [-0.05, 0) is 43.4 Å². The first-order valence-corrected chi connectivity index (χ1v) is 12.6. The smallest absolute Gasteiger partial charge is 0.263 e. The number of fused-ring (bicyclic) bond motifs is 3. The van der Waals surface area contributed by atoms with Gasteiger partial charge in [0.1, 0.15) is 4.83 Å². The number of halogens is 1. The van der Waals surface area contributed by atoms with Crippen LogP contribution in [0.5, 0.6) is 0 Å². The van der Waals surface area contributed by atoms with Gasteiger partial charge in [0.25, 0.3) is 5.56 Å². The molecular weight excluding hydrogens is 468 g/mol. The number of aromatic nitrogens is 4. The van der Waals surface area contributed by atoms with Crippen LogP contribution in [0.2, 0.25) is 5.02 Å². The minimum Gasteiger partial charge on any atom is -0.383 e. The summed E-state index contributed by atoms with van der Waals surface area (Å²) in [7, 11) is 1.63. The molecule has 3 aromatic heterocycles. The lowest BCUT2D eigenvalue weighted by molar-refractivity contribution is 0.183. The van der Waals surface area contributed by atoms with E-state index in [0.29, 0.717) is 40.8 Å². The van der Waals surface area contributed by atoms with Crippen molar-refractivity contribution < 1.29 is 9.26 Å². The van der Waals surface area contributed by atoms with E-state index in [1.165, 1.54) is 28.6 Å². The lowest BCUT2D eigenvalue weighted by Gasteiger charge is -2.12. The van der Waals surface area contributed by atoms with E-state index in [1.807, 2.05) is 18.2 Å². The predicted molar refractivity (Wildman–Crippen MR) is 127 cm³/mol. The highest BCUT2D eigenvalue weighted by Crippen LogP contribution is 2.35. The van der Waals surface area contributed by atoms with Crippen molar-refractivity contribution >= 4 is 44.9 Å². The molecule has 10 heteroatoms. The molecule has 3 heterocycles. The van der Waals surface area contributed by atoms with Crippen molar-refractivity contribution in [3.05, 3.63) is 56.0 Å². The van der Waals surface area contributed by atoms with Crippen LogP contribution in [0.15, 0.2) is 38.7 Å². The topological polar surface area (TPSA) is 83.0 Å². The molecule has 32 heavy (non-hydrogen) atoms. The van der Waals surface area contributed by atoms with E-state index < -0.39 is 0 Å². The molecule has 0 N–H and O–H groups in total. The van der Waals surface area contributed by atoms with E-state index in [0.717, 1.165) is 35.0 Å². The summed E-state index contributed by atoms with van der Waals surface area (Å²) in [5, 5.41) is 6.03. The maximum Gasteiger partial charge on any atom is 0.263 e. The van der Waals surface area contributed by atoms with Crippen molar-refractivity contribution in [1.82, 2.24) is 19.7 Å². The van der Waals surface area contributed by atoms with Crippen LogP contribution in [-0.2, 0) is 29.9 Å². The molecule has 1 aliphatic rings. The summed E-state index contributed by atoms with van der Waals surface area (Å²) < 4.78 is 12.4. The van der Waals surface area contributed by atoms with E-state index in [-0.39, 0.29) is 5.56 Å². The van der Waals surface area contributed by atoms with Crippen molar-refractivity contribution in [3.8, 4) is 11.4 Å². The fourth-order valence-electron chi connectivity index (χ4n) is 3.90. The third-order valence-corrected chi connectivity index (χ3v) is 7.94. The zero-order valence-corrected chi connectivity index (χ0v) is 19.9. The summed E-state index contributed by atoms with van der Waals surface area (Å²) in [5.41, 5.74) is 1.92. The molecular formula is C22H21ClN4O3S2. The minimum absolute atomic E-state index is 0.0104. The summed E-state index contributed by atoms with van der Waals surface area (Å²) in [4.78, 5) is 24.9. The van der Waals surface area contributed by atoms with Gasteiger partial charge in [-0.3, -0.25) is 9.36 Å². The van der Waals surface area contributed by atoms with Crippen molar-refractivity contribution in [3.63, 3.8) is 0 Å². The summed E-state index contributed by atoms with van der Waals surface area (Å²) in [6.07, 6.45) is 4.28. The lowest BCUT2D eigenvalue weighted by atomic mass is 9.97. The molecule has 0 spiro atoms. The Hall–Kier alpha value is -2.20. The average Bonchev–Trinajstić information content (AvgIpc) is 3.42. The van der Waals surface area contributed by atoms with Gasteiger partial charge >= 0.3 is 0 Å².